The molecule has 2 aliphatic rings. The van der Waals surface area contributed by atoms with Gasteiger partial charge in [-0.25, -0.2) is 0 Å². The summed E-state index contributed by atoms with van der Waals surface area (Å²) in [4.78, 5) is 11.8. The molecule has 2 heterocycles. The van der Waals surface area contributed by atoms with Gasteiger partial charge in [0.25, 0.3) is 0 Å². The van der Waals surface area contributed by atoms with E-state index in [0.29, 0.717) is 0 Å². The molecule has 15 heteroatoms. The van der Waals surface area contributed by atoms with Crippen molar-refractivity contribution in [3.8, 4) is 0 Å². The zero-order valence-corrected chi connectivity index (χ0v) is 18.7. The Morgan fingerprint density at radius 2 is 1.59 bits per heavy atom. The van der Waals surface area contributed by atoms with Gasteiger partial charge in [0.05, 0.1) is 25.9 Å². The Bertz CT molecular complexity index is 642. The number of aliphatic hydroxyl groups is 9. The first-order valence-corrected chi connectivity index (χ1v) is 10.8. The minimum absolute atomic E-state index is 0.615. The van der Waals surface area contributed by atoms with Crippen molar-refractivity contribution in [3.05, 3.63) is 0 Å². The number of aliphatic hydroxyl groups excluding tert-OH is 9. The SMILES string of the molecule is CC(=O)N[C@H]1[C@H](OC[C@H](O)[C@H](O)[C@H](O)CO)O[C@H](CO)[C@H](O)[C@@H]1O[C@@H]1O[C@@H](C)[C@H](O)[C@@H](O)[C@H]1O. The zero-order chi connectivity index (χ0) is 25.7. The lowest BCUT2D eigenvalue weighted by atomic mass is 9.95. The smallest absolute Gasteiger partial charge is 0.217 e. The minimum atomic E-state index is -1.78. The van der Waals surface area contributed by atoms with Crippen LogP contribution in [0.1, 0.15) is 13.8 Å². The monoisotopic (exact) mass is 501 g/mol. The highest BCUT2D eigenvalue weighted by atomic mass is 16.7. The molecule has 0 aliphatic carbocycles. The molecule has 10 N–H and O–H groups in total. The predicted molar refractivity (Wildman–Crippen MR) is 108 cm³/mol. The summed E-state index contributed by atoms with van der Waals surface area (Å²) in [5, 5.41) is 91.1. The molecule has 15 nitrogen and oxygen atoms in total. The summed E-state index contributed by atoms with van der Waals surface area (Å²) in [6, 6.07) is -1.31. The molecule has 0 aromatic rings. The second-order valence-corrected chi connectivity index (χ2v) is 8.37. The molecule has 0 spiro atoms. The highest BCUT2D eigenvalue weighted by Crippen LogP contribution is 2.29. The summed E-state index contributed by atoms with van der Waals surface area (Å²) in [7, 11) is 0. The molecule has 0 radical (unpaired) electrons. The van der Waals surface area contributed by atoms with Gasteiger partial charge in [-0.2, -0.15) is 0 Å². The molecular weight excluding hydrogens is 466 g/mol. The molecule has 2 fully saturated rings. The predicted octanol–water partition coefficient (Wildman–Crippen LogP) is -6.13. The van der Waals surface area contributed by atoms with E-state index in [4.69, 9.17) is 24.1 Å². The van der Waals surface area contributed by atoms with Crippen molar-refractivity contribution in [2.75, 3.05) is 19.8 Å². The largest absolute Gasteiger partial charge is 0.394 e. The van der Waals surface area contributed by atoms with Gasteiger partial charge in [-0.1, -0.05) is 0 Å². The van der Waals surface area contributed by atoms with Crippen LogP contribution in [0, 0.1) is 0 Å². The van der Waals surface area contributed by atoms with E-state index in [-0.39, 0.29) is 0 Å². The number of hydrogen-bond donors (Lipinski definition) is 10. The lowest BCUT2D eigenvalue weighted by Gasteiger charge is -2.47. The maximum atomic E-state index is 11.8. The molecule has 2 aliphatic heterocycles. The average Bonchev–Trinajstić information content (AvgIpc) is 2.80. The van der Waals surface area contributed by atoms with Gasteiger partial charge < -0.3 is 70.2 Å². The summed E-state index contributed by atoms with van der Waals surface area (Å²) < 4.78 is 21.9. The molecule has 0 aromatic carbocycles. The fourth-order valence-electron chi connectivity index (χ4n) is 3.70. The van der Waals surface area contributed by atoms with Crippen LogP contribution in [0.2, 0.25) is 0 Å². The summed E-state index contributed by atoms with van der Waals surface area (Å²) >= 11 is 0. The van der Waals surface area contributed by atoms with Gasteiger partial charge in [0, 0.05) is 6.92 Å². The van der Waals surface area contributed by atoms with Crippen LogP contribution in [0.15, 0.2) is 0 Å². The van der Waals surface area contributed by atoms with Crippen molar-refractivity contribution in [1.29, 1.82) is 0 Å². The number of amides is 1. The first-order valence-electron chi connectivity index (χ1n) is 10.8. The van der Waals surface area contributed by atoms with E-state index < -0.39 is 105 Å². The minimum Gasteiger partial charge on any atom is -0.394 e. The molecule has 1 amide bonds. The van der Waals surface area contributed by atoms with E-state index in [2.05, 4.69) is 5.32 Å². The first kappa shape index (κ1) is 29.2. The molecule has 0 saturated carbocycles. The van der Waals surface area contributed by atoms with Crippen molar-refractivity contribution in [2.45, 2.75) is 93.5 Å². The lowest BCUT2D eigenvalue weighted by Crippen LogP contribution is -2.68. The van der Waals surface area contributed by atoms with E-state index in [1.54, 1.807) is 0 Å². The molecule has 0 aromatic heterocycles. The highest BCUT2D eigenvalue weighted by molar-refractivity contribution is 5.73. The lowest BCUT2D eigenvalue weighted by molar-refractivity contribution is -0.342. The van der Waals surface area contributed by atoms with Crippen LogP contribution in [-0.2, 0) is 23.7 Å². The van der Waals surface area contributed by atoms with Gasteiger partial charge in [0.2, 0.25) is 5.91 Å². The van der Waals surface area contributed by atoms with Crippen LogP contribution in [0.4, 0.5) is 0 Å². The third-order valence-electron chi connectivity index (χ3n) is 5.73. The Morgan fingerprint density at radius 1 is 0.941 bits per heavy atom. The van der Waals surface area contributed by atoms with Gasteiger partial charge in [0.1, 0.15) is 61.0 Å². The Labute approximate surface area is 195 Å². The van der Waals surface area contributed by atoms with Crippen molar-refractivity contribution < 1.29 is 69.7 Å². The van der Waals surface area contributed by atoms with Gasteiger partial charge in [0.15, 0.2) is 12.6 Å². The maximum Gasteiger partial charge on any atom is 0.217 e. The Kier molecular flexibility index (Phi) is 11.0. The Morgan fingerprint density at radius 3 is 2.15 bits per heavy atom. The number of nitrogens with one attached hydrogen (secondary N) is 1. The topological polar surface area (TPSA) is 248 Å². The number of carbonyl (C=O) groups is 1. The Hall–Kier alpha value is -1.05. The summed E-state index contributed by atoms with van der Waals surface area (Å²) in [6.07, 6.45) is -18.3. The number of hydrogen-bond acceptors (Lipinski definition) is 14. The Balaban J connectivity index is 2.23. The first-order chi connectivity index (χ1) is 15.9. The average molecular weight is 501 g/mol. The number of ether oxygens (including phenoxy) is 4. The van der Waals surface area contributed by atoms with Gasteiger partial charge in [-0.05, 0) is 6.92 Å². The van der Waals surface area contributed by atoms with Crippen LogP contribution >= 0.6 is 0 Å². The van der Waals surface area contributed by atoms with Crippen LogP contribution in [0.25, 0.3) is 0 Å². The van der Waals surface area contributed by atoms with Crippen LogP contribution in [-0.4, -0.2) is 151 Å². The summed E-state index contributed by atoms with van der Waals surface area (Å²) in [6.45, 7) is 0.336. The molecule has 0 unspecified atom stereocenters. The normalized spacial score (nSPS) is 41.5. The van der Waals surface area contributed by atoms with E-state index in [1.807, 2.05) is 0 Å². The van der Waals surface area contributed by atoms with Gasteiger partial charge >= 0.3 is 0 Å². The van der Waals surface area contributed by atoms with E-state index in [0.717, 1.165) is 6.92 Å². The number of rotatable bonds is 10. The molecule has 2 saturated heterocycles. The van der Waals surface area contributed by atoms with Gasteiger partial charge in [-0.3, -0.25) is 4.79 Å². The molecular formula is C19H35NO14. The quantitative estimate of drug-likeness (QED) is 0.134. The maximum absolute atomic E-state index is 11.8. The summed E-state index contributed by atoms with van der Waals surface area (Å²) in [5.41, 5.74) is 0. The van der Waals surface area contributed by atoms with Crippen LogP contribution in [0.3, 0.4) is 0 Å². The fourth-order valence-corrected chi connectivity index (χ4v) is 3.70. The van der Waals surface area contributed by atoms with Crippen molar-refractivity contribution >= 4 is 5.91 Å². The van der Waals surface area contributed by atoms with E-state index in [1.165, 1.54) is 6.92 Å². The summed E-state index contributed by atoms with van der Waals surface area (Å²) in [5.74, 6) is -0.615. The molecule has 13 atom stereocenters. The third kappa shape index (κ3) is 6.79. The second-order valence-electron chi connectivity index (χ2n) is 8.37. The standard InChI is InChI=1S/C19H35NO14/c1-6-12(26)15(29)16(30)19(32-6)34-17-11(20-7(2)23)18(33-10(4-22)14(17)28)31-5-9(25)13(27)8(24)3-21/h6,8-19,21-22,24-30H,3-5H2,1-2H3,(H,20,23)/t6-,8+,9-,10+,11+,12-,13+,14-,15+,16+,17+,18+,19-/m0/s1. The molecule has 2 rings (SSSR count). The van der Waals surface area contributed by atoms with Crippen molar-refractivity contribution in [1.82, 2.24) is 5.32 Å². The molecule has 0 bridgehead atoms. The van der Waals surface area contributed by atoms with Crippen molar-refractivity contribution in [3.63, 3.8) is 0 Å². The highest BCUT2D eigenvalue weighted by Gasteiger charge is 2.51. The van der Waals surface area contributed by atoms with Gasteiger partial charge in [-0.15, -0.1) is 0 Å². The number of carbonyl (C=O) groups excluding carboxylic acids is 1. The van der Waals surface area contributed by atoms with Crippen LogP contribution < -0.4 is 5.32 Å². The fraction of sp³-hybridized carbons (Fsp3) is 0.947. The van der Waals surface area contributed by atoms with Crippen molar-refractivity contribution in [2.24, 2.45) is 0 Å². The zero-order valence-electron chi connectivity index (χ0n) is 18.7. The molecule has 200 valence electrons. The van der Waals surface area contributed by atoms with E-state index >= 15 is 0 Å². The van der Waals surface area contributed by atoms with Crippen LogP contribution in [0.5, 0.6) is 0 Å². The third-order valence-corrected chi connectivity index (χ3v) is 5.73. The second kappa shape index (κ2) is 12.8. The van der Waals surface area contributed by atoms with E-state index in [9.17, 15) is 45.6 Å². The molecule has 34 heavy (non-hydrogen) atoms.